The van der Waals surface area contributed by atoms with E-state index in [1.54, 1.807) is 0 Å². The first-order chi connectivity index (χ1) is 14.2. The molecule has 0 saturated carbocycles. The molecule has 8 heteroatoms. The minimum absolute atomic E-state index is 0.0354. The van der Waals surface area contributed by atoms with Gasteiger partial charge in [0.1, 0.15) is 0 Å². The Morgan fingerprint density at radius 3 is 2.45 bits per heavy atom. The first-order valence-corrected chi connectivity index (χ1v) is 10.2. The Kier molecular flexibility index (Phi) is 4.81. The van der Waals surface area contributed by atoms with Gasteiger partial charge in [0.05, 0.1) is 32.0 Å². The van der Waals surface area contributed by atoms with Gasteiger partial charge in [0, 0.05) is 38.3 Å². The number of nitrogens with zero attached hydrogens (tertiary/aromatic N) is 4. The molecule has 0 atom stereocenters. The Labute approximate surface area is 169 Å². The van der Waals surface area contributed by atoms with Crippen molar-refractivity contribution in [1.82, 2.24) is 24.9 Å². The number of ether oxygens (including phenoxy) is 1. The summed E-state index contributed by atoms with van der Waals surface area (Å²) in [5.41, 5.74) is 4.75. The first-order valence-electron chi connectivity index (χ1n) is 10.2. The number of hydrogen-bond donors (Lipinski definition) is 1. The largest absolute Gasteiger partial charge is 0.379 e. The fourth-order valence-corrected chi connectivity index (χ4v) is 4.38. The number of rotatable bonds is 3. The van der Waals surface area contributed by atoms with Crippen molar-refractivity contribution in [3.05, 3.63) is 52.3 Å². The van der Waals surface area contributed by atoms with E-state index in [4.69, 9.17) is 4.74 Å². The number of morpholine rings is 1. The Bertz CT molecular complexity index is 909. The third-order valence-electron chi connectivity index (χ3n) is 6.08. The minimum atomic E-state index is -0.0354. The van der Waals surface area contributed by atoms with Gasteiger partial charge >= 0.3 is 0 Å². The van der Waals surface area contributed by atoms with E-state index in [0.29, 0.717) is 58.1 Å². The number of fused-ring (bicyclic) bond motifs is 2. The topological polar surface area (TPSA) is 81.8 Å². The average Bonchev–Trinajstić information content (AvgIpc) is 3.37. The van der Waals surface area contributed by atoms with Gasteiger partial charge in [-0.2, -0.15) is 5.10 Å². The number of nitrogens with one attached hydrogen (secondary N) is 1. The van der Waals surface area contributed by atoms with Gasteiger partial charge in [-0.3, -0.25) is 19.6 Å². The molecule has 0 aliphatic carbocycles. The standard InChI is InChI=1S/C21H25N5O3/c27-19(14-24-7-9-29-10-8-24)25-6-5-17-18(13-25)22-23-20(17)21(28)26-11-15-3-1-2-4-16(15)12-26/h1-4H,5-14H2,(H,22,23). The van der Waals surface area contributed by atoms with Gasteiger partial charge in [0.2, 0.25) is 5.91 Å². The number of hydrogen-bond acceptors (Lipinski definition) is 5. The predicted molar refractivity (Wildman–Crippen MR) is 105 cm³/mol. The maximum Gasteiger partial charge on any atom is 0.275 e. The minimum Gasteiger partial charge on any atom is -0.379 e. The lowest BCUT2D eigenvalue weighted by Crippen LogP contribution is -2.46. The van der Waals surface area contributed by atoms with Crippen LogP contribution in [0, 0.1) is 0 Å². The monoisotopic (exact) mass is 395 g/mol. The molecule has 1 aromatic carbocycles. The van der Waals surface area contributed by atoms with Crippen molar-refractivity contribution >= 4 is 11.8 Å². The van der Waals surface area contributed by atoms with Crippen molar-refractivity contribution < 1.29 is 14.3 Å². The summed E-state index contributed by atoms with van der Waals surface area (Å²) in [5.74, 6) is 0.0850. The molecule has 152 valence electrons. The normalized spacial score (nSPS) is 19.2. The molecular weight excluding hydrogens is 370 g/mol. The van der Waals surface area contributed by atoms with Crippen LogP contribution < -0.4 is 0 Å². The molecule has 8 nitrogen and oxygen atoms in total. The lowest BCUT2D eigenvalue weighted by atomic mass is 10.0. The van der Waals surface area contributed by atoms with Gasteiger partial charge in [-0.1, -0.05) is 24.3 Å². The summed E-state index contributed by atoms with van der Waals surface area (Å²) in [6.45, 7) is 5.74. The summed E-state index contributed by atoms with van der Waals surface area (Å²) in [7, 11) is 0. The fourth-order valence-electron chi connectivity index (χ4n) is 4.38. The Hall–Kier alpha value is -2.71. The molecule has 1 aromatic heterocycles. The van der Waals surface area contributed by atoms with Crippen LogP contribution in [0.5, 0.6) is 0 Å². The van der Waals surface area contributed by atoms with E-state index in [9.17, 15) is 9.59 Å². The molecule has 1 fully saturated rings. The molecule has 3 aliphatic heterocycles. The highest BCUT2D eigenvalue weighted by Gasteiger charge is 2.32. The molecule has 4 heterocycles. The van der Waals surface area contributed by atoms with Crippen molar-refractivity contribution in [3.8, 4) is 0 Å². The summed E-state index contributed by atoms with van der Waals surface area (Å²) >= 11 is 0. The highest BCUT2D eigenvalue weighted by Crippen LogP contribution is 2.27. The molecule has 0 radical (unpaired) electrons. The van der Waals surface area contributed by atoms with Crippen LogP contribution >= 0.6 is 0 Å². The summed E-state index contributed by atoms with van der Waals surface area (Å²) < 4.78 is 5.35. The zero-order chi connectivity index (χ0) is 19.8. The average molecular weight is 395 g/mol. The summed E-state index contributed by atoms with van der Waals surface area (Å²) in [6, 6.07) is 8.15. The van der Waals surface area contributed by atoms with Gasteiger partial charge < -0.3 is 14.5 Å². The lowest BCUT2D eigenvalue weighted by molar-refractivity contribution is -0.134. The van der Waals surface area contributed by atoms with Crippen LogP contribution in [0.1, 0.15) is 32.9 Å². The molecule has 1 N–H and O–H groups in total. The molecule has 5 rings (SSSR count). The Balaban J connectivity index is 1.25. The van der Waals surface area contributed by atoms with Gasteiger partial charge in [0.15, 0.2) is 5.69 Å². The van der Waals surface area contributed by atoms with E-state index in [1.807, 2.05) is 21.9 Å². The lowest BCUT2D eigenvalue weighted by Gasteiger charge is -2.31. The first kappa shape index (κ1) is 18.3. The molecule has 2 amide bonds. The summed E-state index contributed by atoms with van der Waals surface area (Å²) in [4.78, 5) is 31.6. The quantitative estimate of drug-likeness (QED) is 0.831. The molecule has 1 saturated heterocycles. The van der Waals surface area contributed by atoms with E-state index < -0.39 is 0 Å². The second kappa shape index (κ2) is 7.61. The maximum absolute atomic E-state index is 13.1. The van der Waals surface area contributed by atoms with Crippen molar-refractivity contribution in [2.45, 2.75) is 26.1 Å². The van der Waals surface area contributed by atoms with Crippen molar-refractivity contribution in [2.24, 2.45) is 0 Å². The molecule has 3 aliphatic rings. The highest BCUT2D eigenvalue weighted by atomic mass is 16.5. The van der Waals surface area contributed by atoms with Crippen molar-refractivity contribution in [3.63, 3.8) is 0 Å². The van der Waals surface area contributed by atoms with Crippen molar-refractivity contribution in [1.29, 1.82) is 0 Å². The van der Waals surface area contributed by atoms with Gasteiger partial charge in [-0.25, -0.2) is 0 Å². The number of aromatic nitrogens is 2. The van der Waals surface area contributed by atoms with Crippen LogP contribution in [-0.2, 0) is 35.6 Å². The molecule has 29 heavy (non-hydrogen) atoms. The van der Waals surface area contributed by atoms with Gasteiger partial charge in [-0.15, -0.1) is 0 Å². The van der Waals surface area contributed by atoms with E-state index in [-0.39, 0.29) is 11.8 Å². The Morgan fingerprint density at radius 1 is 1.00 bits per heavy atom. The van der Waals surface area contributed by atoms with Crippen LogP contribution in [0.15, 0.2) is 24.3 Å². The third kappa shape index (κ3) is 3.54. The van der Waals surface area contributed by atoms with Crippen LogP contribution in [0.2, 0.25) is 0 Å². The van der Waals surface area contributed by atoms with Crippen LogP contribution in [0.4, 0.5) is 0 Å². The zero-order valence-electron chi connectivity index (χ0n) is 16.4. The molecular formula is C21H25N5O3. The van der Waals surface area contributed by atoms with Crippen molar-refractivity contribution in [2.75, 3.05) is 39.4 Å². The number of amides is 2. The predicted octanol–water partition coefficient (Wildman–Crippen LogP) is 0.783. The Morgan fingerprint density at radius 2 is 1.72 bits per heavy atom. The van der Waals surface area contributed by atoms with Gasteiger partial charge in [0.25, 0.3) is 5.91 Å². The van der Waals surface area contributed by atoms with E-state index in [2.05, 4.69) is 27.2 Å². The second-order valence-corrected chi connectivity index (χ2v) is 7.91. The molecule has 0 unspecified atom stereocenters. The summed E-state index contributed by atoms with van der Waals surface area (Å²) in [6.07, 6.45) is 0.655. The number of carbonyl (C=O) groups is 2. The number of aromatic amines is 1. The van der Waals surface area contributed by atoms with Crippen LogP contribution in [-0.4, -0.2) is 76.1 Å². The second-order valence-electron chi connectivity index (χ2n) is 7.91. The fraction of sp³-hybridized carbons (Fsp3) is 0.476. The third-order valence-corrected chi connectivity index (χ3v) is 6.08. The number of benzene rings is 1. The van der Waals surface area contributed by atoms with Crippen LogP contribution in [0.3, 0.4) is 0 Å². The van der Waals surface area contributed by atoms with E-state index in [0.717, 1.165) is 24.3 Å². The molecule has 0 spiro atoms. The maximum atomic E-state index is 13.1. The van der Waals surface area contributed by atoms with E-state index in [1.165, 1.54) is 11.1 Å². The SMILES string of the molecule is O=C(CN1CCOCC1)N1CCc2c(C(=O)N3Cc4ccccc4C3)n[nH]c2C1. The van der Waals surface area contributed by atoms with Gasteiger partial charge in [-0.05, 0) is 17.5 Å². The van der Waals surface area contributed by atoms with Crippen LogP contribution in [0.25, 0.3) is 0 Å². The number of H-pyrrole nitrogens is 1. The molecule has 0 bridgehead atoms. The smallest absolute Gasteiger partial charge is 0.275 e. The van der Waals surface area contributed by atoms with E-state index >= 15 is 0 Å². The molecule has 2 aromatic rings. The highest BCUT2D eigenvalue weighted by molar-refractivity contribution is 5.94. The zero-order valence-corrected chi connectivity index (χ0v) is 16.4. The number of carbonyl (C=O) groups excluding carboxylic acids is 2. The summed E-state index contributed by atoms with van der Waals surface area (Å²) in [5, 5.41) is 7.35.